The van der Waals surface area contributed by atoms with E-state index in [0.717, 1.165) is 0 Å². The van der Waals surface area contributed by atoms with E-state index >= 15 is 0 Å². The van der Waals surface area contributed by atoms with E-state index in [-0.39, 0.29) is 17.3 Å². The smallest absolute Gasteiger partial charge is 0.238 e. The molecule has 0 aliphatic heterocycles. The van der Waals surface area contributed by atoms with E-state index in [1.54, 1.807) is 13.8 Å². The molecule has 0 aromatic carbocycles. The second-order valence-corrected chi connectivity index (χ2v) is 4.28. The van der Waals surface area contributed by atoms with Gasteiger partial charge < -0.3 is 15.4 Å². The normalized spacial score (nSPS) is 10.2. The maximum atomic E-state index is 9.17. The van der Waals surface area contributed by atoms with E-state index in [9.17, 15) is 0 Å². The molecule has 0 radical (unpaired) electrons. The summed E-state index contributed by atoms with van der Waals surface area (Å²) in [7, 11) is 1.43. The topological polar surface area (TPSA) is 107 Å². The molecular weight excluding hydrogens is 244 g/mol. The minimum Gasteiger partial charge on any atom is -0.480 e. The van der Waals surface area contributed by atoms with E-state index in [1.165, 1.54) is 7.11 Å². The molecule has 7 heteroatoms. The molecule has 0 unspecified atom stereocenters. The first-order chi connectivity index (χ1) is 8.97. The number of anilines is 2. The van der Waals surface area contributed by atoms with E-state index in [1.807, 2.05) is 13.0 Å². The molecular formula is C12H16N6O. The van der Waals surface area contributed by atoms with Crippen molar-refractivity contribution in [2.75, 3.05) is 24.3 Å². The Balaban J connectivity index is 3.31. The van der Waals surface area contributed by atoms with Crippen molar-refractivity contribution in [2.45, 2.75) is 26.3 Å². The Bertz CT molecular complexity index is 540. The van der Waals surface area contributed by atoms with Crippen LogP contribution in [0.3, 0.4) is 0 Å². The molecule has 0 spiro atoms. The standard InChI is InChI=1S/C12H16N6O/c1-5-15-11-16-9(18-12(2,3)7-14)8(6-13)10(17-11)19-4/h5H2,1-4H3,(H2,15,16,17,18). The Morgan fingerprint density at radius 1 is 1.32 bits per heavy atom. The largest absolute Gasteiger partial charge is 0.480 e. The molecule has 0 aliphatic carbocycles. The Labute approximate surface area is 112 Å². The van der Waals surface area contributed by atoms with Gasteiger partial charge >= 0.3 is 0 Å². The number of hydrogen-bond acceptors (Lipinski definition) is 7. The van der Waals surface area contributed by atoms with Crippen LogP contribution in [0.4, 0.5) is 11.8 Å². The van der Waals surface area contributed by atoms with Crippen LogP contribution in [0.1, 0.15) is 26.3 Å². The highest BCUT2D eigenvalue weighted by molar-refractivity contribution is 5.61. The maximum absolute atomic E-state index is 9.17. The fourth-order valence-corrected chi connectivity index (χ4v) is 1.34. The molecule has 2 N–H and O–H groups in total. The van der Waals surface area contributed by atoms with Crippen LogP contribution in [0.25, 0.3) is 0 Å². The highest BCUT2D eigenvalue weighted by Gasteiger charge is 2.22. The summed E-state index contributed by atoms with van der Waals surface area (Å²) in [5, 5.41) is 24.0. The maximum Gasteiger partial charge on any atom is 0.238 e. The van der Waals surface area contributed by atoms with Crippen LogP contribution in [-0.2, 0) is 0 Å². The predicted octanol–water partition coefficient (Wildman–Crippen LogP) is 1.50. The van der Waals surface area contributed by atoms with Crippen molar-refractivity contribution < 1.29 is 4.74 Å². The van der Waals surface area contributed by atoms with Gasteiger partial charge in [0.2, 0.25) is 11.8 Å². The van der Waals surface area contributed by atoms with Crippen LogP contribution < -0.4 is 15.4 Å². The summed E-state index contributed by atoms with van der Waals surface area (Å²) in [6, 6.07) is 4.07. The predicted molar refractivity (Wildman–Crippen MR) is 70.8 cm³/mol. The third kappa shape index (κ3) is 3.46. The van der Waals surface area contributed by atoms with Crippen LogP contribution >= 0.6 is 0 Å². The first kappa shape index (κ1) is 14.5. The first-order valence-electron chi connectivity index (χ1n) is 5.76. The molecule has 1 heterocycles. The summed E-state index contributed by atoms with van der Waals surface area (Å²) in [6.45, 7) is 5.92. The monoisotopic (exact) mass is 260 g/mol. The highest BCUT2D eigenvalue weighted by Crippen LogP contribution is 2.26. The highest BCUT2D eigenvalue weighted by atomic mass is 16.5. The van der Waals surface area contributed by atoms with Crippen LogP contribution in [-0.4, -0.2) is 29.2 Å². The Kier molecular flexibility index (Phi) is 4.49. The number of nitriles is 2. The molecule has 0 saturated carbocycles. The quantitative estimate of drug-likeness (QED) is 0.826. The molecule has 0 fully saturated rings. The molecule has 0 aliphatic rings. The van der Waals surface area contributed by atoms with Gasteiger partial charge in [-0.2, -0.15) is 20.5 Å². The molecule has 0 amide bonds. The number of hydrogen-bond donors (Lipinski definition) is 2. The summed E-state index contributed by atoms with van der Waals surface area (Å²) < 4.78 is 5.08. The van der Waals surface area contributed by atoms with Gasteiger partial charge in [0.15, 0.2) is 11.4 Å². The Hall–Kier alpha value is -2.54. The lowest BCUT2D eigenvalue weighted by Gasteiger charge is -2.20. The zero-order chi connectivity index (χ0) is 14.5. The van der Waals surface area contributed by atoms with Gasteiger partial charge in [-0.1, -0.05) is 0 Å². The van der Waals surface area contributed by atoms with Crippen molar-refractivity contribution in [2.24, 2.45) is 0 Å². The van der Waals surface area contributed by atoms with E-state index in [4.69, 9.17) is 15.3 Å². The molecule has 0 atom stereocenters. The van der Waals surface area contributed by atoms with E-state index in [2.05, 4.69) is 26.7 Å². The summed E-state index contributed by atoms with van der Waals surface area (Å²) >= 11 is 0. The van der Waals surface area contributed by atoms with Crippen molar-refractivity contribution in [3.05, 3.63) is 5.56 Å². The summed E-state index contributed by atoms with van der Waals surface area (Å²) in [4.78, 5) is 8.27. The molecule has 100 valence electrons. The lowest BCUT2D eigenvalue weighted by atomic mass is 10.1. The molecule has 0 bridgehead atoms. The van der Waals surface area contributed by atoms with Gasteiger partial charge in [-0.05, 0) is 20.8 Å². The fourth-order valence-electron chi connectivity index (χ4n) is 1.34. The average molecular weight is 260 g/mol. The third-order valence-electron chi connectivity index (χ3n) is 2.23. The van der Waals surface area contributed by atoms with Crippen LogP contribution in [0.5, 0.6) is 5.88 Å². The van der Waals surface area contributed by atoms with Gasteiger partial charge in [0.25, 0.3) is 0 Å². The SMILES string of the molecule is CCNc1nc(NC(C)(C)C#N)c(C#N)c(OC)n1. The number of methoxy groups -OCH3 is 1. The fraction of sp³-hybridized carbons (Fsp3) is 0.500. The number of rotatable bonds is 5. The van der Waals surface area contributed by atoms with Gasteiger partial charge in [-0.3, -0.25) is 0 Å². The van der Waals surface area contributed by atoms with Gasteiger partial charge in [0, 0.05) is 6.54 Å². The Morgan fingerprint density at radius 2 is 2.00 bits per heavy atom. The van der Waals surface area contributed by atoms with E-state index < -0.39 is 5.54 Å². The zero-order valence-electron chi connectivity index (χ0n) is 11.4. The van der Waals surface area contributed by atoms with Crippen molar-refractivity contribution >= 4 is 11.8 Å². The van der Waals surface area contributed by atoms with Crippen molar-refractivity contribution in [1.82, 2.24) is 9.97 Å². The van der Waals surface area contributed by atoms with Gasteiger partial charge in [0.1, 0.15) is 11.6 Å². The molecule has 0 saturated heterocycles. The summed E-state index contributed by atoms with van der Waals surface area (Å²) in [6.07, 6.45) is 0. The van der Waals surface area contributed by atoms with Crippen LogP contribution in [0.15, 0.2) is 0 Å². The number of nitrogens with zero attached hydrogens (tertiary/aromatic N) is 4. The van der Waals surface area contributed by atoms with Gasteiger partial charge in [-0.15, -0.1) is 0 Å². The van der Waals surface area contributed by atoms with Crippen molar-refractivity contribution in [3.63, 3.8) is 0 Å². The zero-order valence-corrected chi connectivity index (χ0v) is 11.4. The van der Waals surface area contributed by atoms with Crippen molar-refractivity contribution in [1.29, 1.82) is 10.5 Å². The second-order valence-electron chi connectivity index (χ2n) is 4.28. The number of ether oxygens (including phenoxy) is 1. The Morgan fingerprint density at radius 3 is 2.47 bits per heavy atom. The third-order valence-corrected chi connectivity index (χ3v) is 2.23. The minimum atomic E-state index is -0.853. The lowest BCUT2D eigenvalue weighted by molar-refractivity contribution is 0.396. The average Bonchev–Trinajstić information content (AvgIpc) is 2.38. The van der Waals surface area contributed by atoms with Gasteiger partial charge in [-0.25, -0.2) is 0 Å². The lowest BCUT2D eigenvalue weighted by Crippen LogP contribution is -2.30. The summed E-state index contributed by atoms with van der Waals surface area (Å²) in [5.41, 5.74) is -0.679. The molecule has 1 aromatic rings. The molecule has 1 rings (SSSR count). The molecule has 1 aromatic heterocycles. The second kappa shape index (κ2) is 5.87. The number of nitrogens with one attached hydrogen (secondary N) is 2. The van der Waals surface area contributed by atoms with E-state index in [0.29, 0.717) is 12.5 Å². The first-order valence-corrected chi connectivity index (χ1v) is 5.76. The summed E-state index contributed by atoms with van der Waals surface area (Å²) in [5.74, 6) is 0.788. The molecule has 19 heavy (non-hydrogen) atoms. The van der Waals surface area contributed by atoms with Crippen LogP contribution in [0.2, 0.25) is 0 Å². The van der Waals surface area contributed by atoms with Crippen LogP contribution in [0, 0.1) is 22.7 Å². The number of aromatic nitrogens is 2. The van der Waals surface area contributed by atoms with Gasteiger partial charge in [0.05, 0.1) is 13.2 Å². The van der Waals surface area contributed by atoms with Crippen molar-refractivity contribution in [3.8, 4) is 18.0 Å². The molecule has 7 nitrogen and oxygen atoms in total. The minimum absolute atomic E-state index is 0.171.